The molecule has 312 valence electrons. The average Bonchev–Trinajstić information content (AvgIpc) is 3.40. The Morgan fingerprint density at radius 2 is 1.18 bits per heavy atom. The maximum atomic E-state index is 4.41. The van der Waals surface area contributed by atoms with Gasteiger partial charge in [0.25, 0.3) is 0 Å². The zero-order chi connectivity index (χ0) is 44.4. The van der Waals surface area contributed by atoms with Gasteiger partial charge in [-0.25, -0.2) is 0 Å². The summed E-state index contributed by atoms with van der Waals surface area (Å²) >= 11 is 3.72. The van der Waals surface area contributed by atoms with Crippen molar-refractivity contribution >= 4 is 87.0 Å². The fraction of sp³-hybridized carbons (Fsp3) is 0.0323. The SMILES string of the molecule is C=CC1=C(C=C)C2c3ccccc3C1c1cccc(-c3ccc4c(c3)[Si](c3ccccc3)(c3ccccc3)c3ccccc3N4c3cccc4c3SC3=C=C=CC5=C3B4c3ccccc3S5)c12. The maximum Gasteiger partial charge on any atom is 0.248 e. The Hall–Kier alpha value is -7.20. The van der Waals surface area contributed by atoms with E-state index in [4.69, 9.17) is 0 Å². The van der Waals surface area contributed by atoms with Gasteiger partial charge in [-0.15, -0.1) is 0 Å². The minimum absolute atomic E-state index is 0.0602. The predicted octanol–water partition coefficient (Wildman–Crippen LogP) is 11.6. The molecular weight excluding hydrogens is 862 g/mol. The van der Waals surface area contributed by atoms with Crippen molar-refractivity contribution in [2.75, 3.05) is 4.90 Å². The van der Waals surface area contributed by atoms with Crippen molar-refractivity contribution in [1.29, 1.82) is 0 Å². The van der Waals surface area contributed by atoms with Gasteiger partial charge >= 0.3 is 0 Å². The highest BCUT2D eigenvalue weighted by molar-refractivity contribution is 8.05. The molecule has 2 atom stereocenters. The van der Waals surface area contributed by atoms with E-state index >= 15 is 0 Å². The Labute approximate surface area is 401 Å². The summed E-state index contributed by atoms with van der Waals surface area (Å²) in [5.41, 5.74) is 25.3. The van der Waals surface area contributed by atoms with Crippen LogP contribution in [-0.4, -0.2) is 14.8 Å². The lowest BCUT2D eigenvalue weighted by molar-refractivity contribution is 0.760. The van der Waals surface area contributed by atoms with Crippen molar-refractivity contribution in [3.63, 3.8) is 0 Å². The minimum atomic E-state index is -3.02. The first-order valence-electron chi connectivity index (χ1n) is 23.1. The number of anilines is 3. The molecule has 3 heterocycles. The monoisotopic (exact) mass is 901 g/mol. The maximum absolute atomic E-state index is 4.41. The number of thioether (sulfide) groups is 2. The molecule has 8 aromatic rings. The number of fused-ring (bicyclic) bond motifs is 6. The van der Waals surface area contributed by atoms with Crippen molar-refractivity contribution in [3.05, 3.63) is 280 Å². The summed E-state index contributed by atoms with van der Waals surface area (Å²) < 4.78 is 0. The molecule has 1 nitrogen and oxygen atoms in total. The average molecular weight is 902 g/mol. The molecule has 8 aromatic carbocycles. The van der Waals surface area contributed by atoms with Crippen LogP contribution in [0.3, 0.4) is 0 Å². The highest BCUT2D eigenvalue weighted by atomic mass is 32.2. The van der Waals surface area contributed by atoms with E-state index in [2.05, 4.69) is 236 Å². The van der Waals surface area contributed by atoms with Crippen molar-refractivity contribution in [3.8, 4) is 11.1 Å². The molecule has 0 spiro atoms. The molecule has 15 rings (SSSR count). The van der Waals surface area contributed by atoms with Gasteiger partial charge in [-0.3, -0.25) is 0 Å². The summed E-state index contributed by atoms with van der Waals surface area (Å²) in [4.78, 5) is 7.63. The van der Waals surface area contributed by atoms with Gasteiger partial charge in [-0.1, -0.05) is 235 Å². The summed E-state index contributed by atoms with van der Waals surface area (Å²) in [6, 6.07) is 71.6. The van der Waals surface area contributed by atoms with Gasteiger partial charge < -0.3 is 4.90 Å². The van der Waals surface area contributed by atoms with E-state index in [-0.39, 0.29) is 18.5 Å². The lowest BCUT2D eigenvalue weighted by Crippen LogP contribution is -2.77. The summed E-state index contributed by atoms with van der Waals surface area (Å²) in [6.45, 7) is 8.87. The Morgan fingerprint density at radius 3 is 1.97 bits per heavy atom. The highest BCUT2D eigenvalue weighted by Crippen LogP contribution is 2.58. The zero-order valence-corrected chi connectivity index (χ0v) is 39.2. The molecule has 0 N–H and O–H groups in total. The van der Waals surface area contributed by atoms with E-state index in [1.165, 1.54) is 118 Å². The van der Waals surface area contributed by atoms with Crippen LogP contribution in [0.2, 0.25) is 0 Å². The fourth-order valence-corrected chi connectivity index (χ4v) is 20.1. The topological polar surface area (TPSA) is 3.24 Å². The molecule has 2 unspecified atom stereocenters. The summed E-state index contributed by atoms with van der Waals surface area (Å²) in [7, 11) is -3.02. The molecule has 0 saturated heterocycles. The quantitative estimate of drug-likeness (QED) is 0.121. The van der Waals surface area contributed by atoms with Gasteiger partial charge in [0.15, 0.2) is 8.07 Å². The molecule has 2 bridgehead atoms. The van der Waals surface area contributed by atoms with Crippen molar-refractivity contribution in [2.45, 2.75) is 21.6 Å². The third-order valence-electron chi connectivity index (χ3n) is 15.1. The molecule has 5 heteroatoms. The fourth-order valence-electron chi connectivity index (χ4n) is 12.5. The van der Waals surface area contributed by atoms with Gasteiger partial charge in [0.2, 0.25) is 6.71 Å². The van der Waals surface area contributed by atoms with Crippen LogP contribution < -0.4 is 36.6 Å². The number of nitrogens with zero attached hydrogens (tertiary/aromatic N) is 1. The van der Waals surface area contributed by atoms with Crippen molar-refractivity contribution < 1.29 is 0 Å². The van der Waals surface area contributed by atoms with Crippen LogP contribution in [0.25, 0.3) is 11.1 Å². The van der Waals surface area contributed by atoms with Crippen LogP contribution in [0.4, 0.5) is 17.1 Å². The Kier molecular flexibility index (Phi) is 8.68. The second kappa shape index (κ2) is 14.9. The van der Waals surface area contributed by atoms with Gasteiger partial charge in [-0.2, -0.15) is 0 Å². The number of para-hydroxylation sites is 1. The highest BCUT2D eigenvalue weighted by Gasteiger charge is 2.51. The lowest BCUT2D eigenvalue weighted by atomic mass is 9.35. The van der Waals surface area contributed by atoms with Crippen LogP contribution >= 0.6 is 23.5 Å². The Balaban J connectivity index is 1.06. The predicted molar refractivity (Wildman–Crippen MR) is 287 cm³/mol. The molecule has 0 radical (unpaired) electrons. The smallest absolute Gasteiger partial charge is 0.248 e. The number of hydrogen-bond acceptors (Lipinski definition) is 3. The van der Waals surface area contributed by atoms with Crippen molar-refractivity contribution in [1.82, 2.24) is 0 Å². The van der Waals surface area contributed by atoms with E-state index in [1.807, 2.05) is 23.5 Å². The molecule has 7 aliphatic rings. The van der Waals surface area contributed by atoms with Gasteiger partial charge in [0, 0.05) is 44.0 Å². The number of benzene rings is 8. The van der Waals surface area contributed by atoms with Crippen LogP contribution in [0.1, 0.15) is 34.1 Å². The number of hydrogen-bond donors (Lipinski definition) is 0. The Bertz CT molecular complexity index is 3640. The molecular formula is C62H40BNS2Si. The summed E-state index contributed by atoms with van der Waals surface area (Å²) in [5, 5.41) is 5.50. The van der Waals surface area contributed by atoms with Gasteiger partial charge in [-0.05, 0) is 95.0 Å². The second-order valence-electron chi connectivity index (χ2n) is 18.1. The summed E-state index contributed by atoms with van der Waals surface area (Å²) in [6.07, 6.45) is 6.30. The zero-order valence-electron chi connectivity index (χ0n) is 36.5. The van der Waals surface area contributed by atoms with E-state index in [0.29, 0.717) is 0 Å². The minimum Gasteiger partial charge on any atom is -0.310 e. The summed E-state index contributed by atoms with van der Waals surface area (Å²) in [5.74, 6) is 0.168. The third-order valence-corrected chi connectivity index (χ3v) is 22.2. The van der Waals surface area contributed by atoms with E-state index in [1.54, 1.807) is 0 Å². The first-order chi connectivity index (χ1) is 33.2. The van der Waals surface area contributed by atoms with Gasteiger partial charge in [0.1, 0.15) is 0 Å². The van der Waals surface area contributed by atoms with E-state index in [0.717, 1.165) is 0 Å². The normalized spacial score (nSPS) is 18.2. The lowest BCUT2D eigenvalue weighted by Gasteiger charge is -2.46. The van der Waals surface area contributed by atoms with Crippen LogP contribution in [0, 0.1) is 0 Å². The standard InChI is InChI=1S/C62H40BNS2Si/c1-3-42-43(4-2)59-46-25-12-11-24-45(46)58(42)47-27-17-26-44(60(47)59)39-36-37-51-57(38-39)67(40-20-7-5-8-21-40,41-22-9-6-10-23-41)56-35-16-14-30-50(56)64(51)52-31-18-29-49-62(52)66-55-34-19-33-54-61(55)63(49)48-28-13-15-32-53(48)65-54/h3-18,20-33,35-38,58-59H,1-2H2. The first kappa shape index (κ1) is 39.0. The Morgan fingerprint density at radius 1 is 0.552 bits per heavy atom. The molecule has 3 aliphatic heterocycles. The molecule has 0 aromatic heterocycles. The number of rotatable bonds is 6. The van der Waals surface area contributed by atoms with E-state index < -0.39 is 8.07 Å². The molecule has 0 saturated carbocycles. The number of allylic oxidation sites excluding steroid dienone is 6. The largest absolute Gasteiger partial charge is 0.310 e. The van der Waals surface area contributed by atoms with Crippen LogP contribution in [0.5, 0.6) is 0 Å². The molecule has 67 heavy (non-hydrogen) atoms. The first-order valence-corrected chi connectivity index (χ1v) is 26.7. The molecule has 0 fully saturated rings. The van der Waals surface area contributed by atoms with Crippen molar-refractivity contribution in [2.24, 2.45) is 0 Å². The van der Waals surface area contributed by atoms with Crippen LogP contribution in [0.15, 0.2) is 267 Å². The third kappa shape index (κ3) is 5.32. The molecule has 4 aliphatic carbocycles. The van der Waals surface area contributed by atoms with E-state index in [9.17, 15) is 0 Å². The molecule has 0 amide bonds. The van der Waals surface area contributed by atoms with Crippen LogP contribution in [-0.2, 0) is 0 Å². The van der Waals surface area contributed by atoms with Gasteiger partial charge in [0.05, 0.1) is 10.6 Å². The second-order valence-corrected chi connectivity index (χ2v) is 23.9.